The first-order chi connectivity index (χ1) is 9.74. The molecule has 6 heteroatoms. The van der Waals surface area contributed by atoms with Gasteiger partial charge in [-0.05, 0) is 37.1 Å². The first-order valence-electron chi connectivity index (χ1n) is 7.17. The van der Waals surface area contributed by atoms with E-state index in [9.17, 15) is 9.59 Å². The van der Waals surface area contributed by atoms with Gasteiger partial charge in [0.2, 0.25) is 0 Å². The Morgan fingerprint density at radius 1 is 1.20 bits per heavy atom. The number of rotatable bonds is 4. The molecule has 0 aliphatic carbocycles. The van der Waals surface area contributed by atoms with Crippen LogP contribution in [0.1, 0.15) is 30.6 Å². The molecule has 1 fully saturated rings. The lowest BCUT2D eigenvalue weighted by Crippen LogP contribution is -3.13. The second-order valence-corrected chi connectivity index (χ2v) is 6.18. The van der Waals surface area contributed by atoms with Gasteiger partial charge in [-0.2, -0.15) is 0 Å². The summed E-state index contributed by atoms with van der Waals surface area (Å²) in [5.41, 5.74) is 0. The zero-order valence-electron chi connectivity index (χ0n) is 11.6. The van der Waals surface area contributed by atoms with Gasteiger partial charge in [-0.15, -0.1) is 11.3 Å². The number of carbonyl (C=O) groups is 2. The number of amides is 3. The number of carbonyl (C=O) groups excluding carboxylic acids is 2. The van der Waals surface area contributed by atoms with Crippen molar-refractivity contribution in [1.29, 1.82) is 0 Å². The minimum atomic E-state index is -0.405. The molecular weight excluding hydrogens is 274 g/mol. The molecule has 0 bridgehead atoms. The van der Waals surface area contributed by atoms with Crippen molar-refractivity contribution in [3.63, 3.8) is 0 Å². The third kappa shape index (κ3) is 5.30. The average molecular weight is 296 g/mol. The highest BCUT2D eigenvalue weighted by Crippen LogP contribution is 2.06. The summed E-state index contributed by atoms with van der Waals surface area (Å²) in [5, 5.41) is 7.06. The van der Waals surface area contributed by atoms with Crippen molar-refractivity contribution in [3.8, 4) is 0 Å². The molecule has 0 radical (unpaired) electrons. The van der Waals surface area contributed by atoms with Crippen LogP contribution in [0.15, 0.2) is 17.5 Å². The number of imide groups is 1. The predicted molar refractivity (Wildman–Crippen MR) is 78.7 cm³/mol. The molecule has 0 saturated carbocycles. The van der Waals surface area contributed by atoms with E-state index in [0.717, 1.165) is 18.0 Å². The summed E-state index contributed by atoms with van der Waals surface area (Å²) in [6.45, 7) is 2.92. The Hall–Kier alpha value is -1.40. The smallest absolute Gasteiger partial charge is 0.321 e. The van der Waals surface area contributed by atoms with Crippen molar-refractivity contribution in [2.45, 2.75) is 32.2 Å². The summed E-state index contributed by atoms with van der Waals surface area (Å²) in [6.07, 6.45) is 4.86. The molecule has 0 spiro atoms. The summed E-state index contributed by atoms with van der Waals surface area (Å²) >= 11 is 1.58. The molecule has 1 aromatic heterocycles. The number of hydrogen-bond acceptors (Lipinski definition) is 3. The highest BCUT2D eigenvalue weighted by atomic mass is 32.1. The van der Waals surface area contributed by atoms with Crippen molar-refractivity contribution in [2.24, 2.45) is 0 Å². The van der Waals surface area contributed by atoms with Crippen molar-refractivity contribution in [3.05, 3.63) is 22.4 Å². The number of nitrogens with one attached hydrogen (secondary N) is 3. The quantitative estimate of drug-likeness (QED) is 0.759. The van der Waals surface area contributed by atoms with Gasteiger partial charge in [0.15, 0.2) is 6.54 Å². The molecule has 0 aromatic carbocycles. The Labute approximate surface area is 123 Å². The van der Waals surface area contributed by atoms with Crippen LogP contribution in [0, 0.1) is 0 Å². The van der Waals surface area contributed by atoms with E-state index < -0.39 is 6.03 Å². The van der Waals surface area contributed by atoms with E-state index in [1.54, 1.807) is 11.3 Å². The Balaban J connectivity index is 1.66. The van der Waals surface area contributed by atoms with Crippen LogP contribution in [-0.4, -0.2) is 31.6 Å². The van der Waals surface area contributed by atoms with Gasteiger partial charge >= 0.3 is 6.03 Å². The van der Waals surface area contributed by atoms with Crippen molar-refractivity contribution < 1.29 is 14.5 Å². The molecule has 0 atom stereocenters. The summed E-state index contributed by atoms with van der Waals surface area (Å²) in [7, 11) is 0. The molecule has 1 aromatic rings. The number of hydrogen-bond donors (Lipinski definition) is 3. The SMILES string of the molecule is O=C(C[NH+]1CCCCCC1)NC(=O)NCc1cccs1. The zero-order chi connectivity index (χ0) is 14.2. The molecule has 0 unspecified atom stereocenters. The summed E-state index contributed by atoms with van der Waals surface area (Å²) in [6, 6.07) is 3.49. The van der Waals surface area contributed by atoms with Crippen LogP contribution >= 0.6 is 11.3 Å². The average Bonchev–Trinajstić information content (AvgIpc) is 2.81. The zero-order valence-corrected chi connectivity index (χ0v) is 12.4. The van der Waals surface area contributed by atoms with Crippen molar-refractivity contribution >= 4 is 23.3 Å². The van der Waals surface area contributed by atoms with Crippen LogP contribution < -0.4 is 15.5 Å². The maximum Gasteiger partial charge on any atom is 0.321 e. The van der Waals surface area contributed by atoms with E-state index >= 15 is 0 Å². The lowest BCUT2D eigenvalue weighted by atomic mass is 10.2. The molecule has 3 N–H and O–H groups in total. The molecule has 2 rings (SSSR count). The fraction of sp³-hybridized carbons (Fsp3) is 0.571. The van der Waals surface area contributed by atoms with Crippen LogP contribution in [0.5, 0.6) is 0 Å². The number of quaternary nitrogens is 1. The van der Waals surface area contributed by atoms with Gasteiger partial charge in [-0.1, -0.05) is 6.07 Å². The molecule has 1 aliphatic heterocycles. The van der Waals surface area contributed by atoms with Gasteiger partial charge in [0, 0.05) is 4.88 Å². The fourth-order valence-corrected chi connectivity index (χ4v) is 3.07. The van der Waals surface area contributed by atoms with Crippen LogP contribution in [0.4, 0.5) is 4.79 Å². The van der Waals surface area contributed by atoms with Gasteiger partial charge < -0.3 is 10.2 Å². The molecule has 3 amide bonds. The monoisotopic (exact) mass is 296 g/mol. The first-order valence-corrected chi connectivity index (χ1v) is 8.05. The number of urea groups is 1. The van der Waals surface area contributed by atoms with Gasteiger partial charge in [0.05, 0.1) is 19.6 Å². The Kier molecular flexibility index (Phi) is 6.01. The summed E-state index contributed by atoms with van der Waals surface area (Å²) in [5.74, 6) is -0.189. The predicted octanol–water partition coefficient (Wildman–Crippen LogP) is 0.533. The Morgan fingerprint density at radius 2 is 1.95 bits per heavy atom. The topological polar surface area (TPSA) is 62.6 Å². The highest BCUT2D eigenvalue weighted by Gasteiger charge is 2.17. The first kappa shape index (κ1) is 15.0. The molecule has 20 heavy (non-hydrogen) atoms. The van der Waals surface area contributed by atoms with Gasteiger partial charge in [-0.25, -0.2) is 4.79 Å². The summed E-state index contributed by atoms with van der Waals surface area (Å²) < 4.78 is 0. The van der Waals surface area contributed by atoms with E-state index in [4.69, 9.17) is 0 Å². The summed E-state index contributed by atoms with van der Waals surface area (Å²) in [4.78, 5) is 25.8. The van der Waals surface area contributed by atoms with E-state index in [1.807, 2.05) is 17.5 Å². The molecule has 1 saturated heterocycles. The molecule has 2 heterocycles. The van der Waals surface area contributed by atoms with E-state index in [0.29, 0.717) is 13.1 Å². The maximum absolute atomic E-state index is 11.8. The molecule has 110 valence electrons. The fourth-order valence-electron chi connectivity index (χ4n) is 2.43. The van der Waals surface area contributed by atoms with Crippen LogP contribution in [-0.2, 0) is 11.3 Å². The van der Waals surface area contributed by atoms with Crippen LogP contribution in [0.3, 0.4) is 0 Å². The van der Waals surface area contributed by atoms with Crippen LogP contribution in [0.2, 0.25) is 0 Å². The van der Waals surface area contributed by atoms with Crippen molar-refractivity contribution in [1.82, 2.24) is 10.6 Å². The normalized spacial score (nSPS) is 16.4. The van der Waals surface area contributed by atoms with E-state index in [-0.39, 0.29) is 5.91 Å². The molecule has 1 aliphatic rings. The molecule has 5 nitrogen and oxygen atoms in total. The third-order valence-electron chi connectivity index (χ3n) is 3.48. The van der Waals surface area contributed by atoms with Gasteiger partial charge in [0.1, 0.15) is 0 Å². The standard InChI is InChI=1S/C14H21N3O2S/c18-13(11-17-7-3-1-2-4-8-17)16-14(19)15-10-12-6-5-9-20-12/h5-6,9H,1-4,7-8,10-11H2,(H2,15,16,18,19)/p+1. The van der Waals surface area contributed by atoms with Crippen LogP contribution in [0.25, 0.3) is 0 Å². The lowest BCUT2D eigenvalue weighted by molar-refractivity contribution is -0.891. The van der Waals surface area contributed by atoms with Gasteiger partial charge in [0.25, 0.3) is 5.91 Å². The second kappa shape index (κ2) is 8.01. The minimum Gasteiger partial charge on any atom is -0.333 e. The number of likely N-dealkylation sites (tertiary alicyclic amines) is 1. The van der Waals surface area contributed by atoms with Gasteiger partial charge in [-0.3, -0.25) is 10.1 Å². The van der Waals surface area contributed by atoms with E-state index in [1.165, 1.54) is 30.6 Å². The number of thiophene rings is 1. The second-order valence-electron chi connectivity index (χ2n) is 5.15. The Morgan fingerprint density at radius 3 is 2.60 bits per heavy atom. The third-order valence-corrected chi connectivity index (χ3v) is 4.35. The van der Waals surface area contributed by atoms with E-state index in [2.05, 4.69) is 10.6 Å². The largest absolute Gasteiger partial charge is 0.333 e. The lowest BCUT2D eigenvalue weighted by Gasteiger charge is -2.16. The van der Waals surface area contributed by atoms with Crippen molar-refractivity contribution in [2.75, 3.05) is 19.6 Å². The minimum absolute atomic E-state index is 0.189. The highest BCUT2D eigenvalue weighted by molar-refractivity contribution is 7.09. The molecular formula is C14H22N3O2S+. The maximum atomic E-state index is 11.8. The Bertz CT molecular complexity index is 426.